The predicted octanol–water partition coefficient (Wildman–Crippen LogP) is 4.84. The number of nitrogens with zero attached hydrogens (tertiary/aromatic N) is 4. The quantitative estimate of drug-likeness (QED) is 0.320. The van der Waals surface area contributed by atoms with Crippen LogP contribution in [0.1, 0.15) is 11.1 Å². The Balaban J connectivity index is 1.54. The molecule has 0 spiro atoms. The number of hydrogen-bond acceptors (Lipinski definition) is 6. The van der Waals surface area contributed by atoms with E-state index in [9.17, 15) is 5.26 Å². The van der Waals surface area contributed by atoms with Crippen molar-refractivity contribution in [1.82, 2.24) is 14.5 Å². The molecule has 0 aliphatic heterocycles. The highest BCUT2D eigenvalue weighted by Gasteiger charge is 2.15. The molecule has 35 heavy (non-hydrogen) atoms. The van der Waals surface area contributed by atoms with E-state index in [2.05, 4.69) is 46.2 Å². The maximum atomic E-state index is 9.55. The van der Waals surface area contributed by atoms with Crippen LogP contribution in [0, 0.1) is 18.3 Å². The first-order valence-electron chi connectivity index (χ1n) is 11.5. The summed E-state index contributed by atoms with van der Waals surface area (Å²) in [5.74, 6) is 0. The van der Waals surface area contributed by atoms with Crippen molar-refractivity contribution in [2.24, 2.45) is 0 Å². The van der Waals surface area contributed by atoms with Crippen molar-refractivity contribution in [1.29, 1.82) is 5.26 Å². The molecule has 5 rings (SSSR count). The Hall–Kier alpha value is -4.25. The van der Waals surface area contributed by atoms with E-state index >= 15 is 0 Å². The first-order chi connectivity index (χ1) is 17.2. The van der Waals surface area contributed by atoms with Crippen molar-refractivity contribution in [3.8, 4) is 22.9 Å². The first-order valence-corrected chi connectivity index (χ1v) is 11.5. The summed E-state index contributed by atoms with van der Waals surface area (Å²) in [5, 5.41) is 23.8. The topological polar surface area (TPSA) is 96.0 Å². The summed E-state index contributed by atoms with van der Waals surface area (Å²) in [5.41, 5.74) is 7.23. The van der Waals surface area contributed by atoms with Gasteiger partial charge in [0.25, 0.3) is 0 Å². The molecule has 0 saturated heterocycles. The number of rotatable bonds is 8. The minimum atomic E-state index is -0.0107. The second-order valence-electron chi connectivity index (χ2n) is 8.26. The van der Waals surface area contributed by atoms with Gasteiger partial charge in [0.2, 0.25) is 0 Å². The third-order valence-corrected chi connectivity index (χ3v) is 5.98. The maximum absolute atomic E-state index is 9.55. The van der Waals surface area contributed by atoms with E-state index in [0.717, 1.165) is 50.0 Å². The van der Waals surface area contributed by atoms with E-state index < -0.39 is 0 Å². The molecule has 2 aromatic carbocycles. The summed E-state index contributed by atoms with van der Waals surface area (Å²) in [7, 11) is 0. The number of nitriles is 1. The van der Waals surface area contributed by atoms with Gasteiger partial charge < -0.3 is 19.7 Å². The Morgan fingerprint density at radius 3 is 2.83 bits per heavy atom. The van der Waals surface area contributed by atoms with E-state index in [1.807, 2.05) is 54.9 Å². The number of hydrogen-bond donors (Lipinski definition) is 2. The zero-order valence-electron chi connectivity index (χ0n) is 19.4. The fourth-order valence-electron chi connectivity index (χ4n) is 4.35. The van der Waals surface area contributed by atoms with Crippen molar-refractivity contribution < 1.29 is 9.84 Å². The maximum Gasteiger partial charge on any atom is 0.145 e. The van der Waals surface area contributed by atoms with Gasteiger partial charge in [-0.05, 0) is 54.4 Å². The fraction of sp³-hybridized carbons (Fsp3) is 0.179. The van der Waals surface area contributed by atoms with E-state index in [1.54, 1.807) is 0 Å². The Morgan fingerprint density at radius 2 is 1.97 bits per heavy atom. The minimum absolute atomic E-state index is 0.0107. The second kappa shape index (κ2) is 9.94. The van der Waals surface area contributed by atoms with Gasteiger partial charge in [-0.15, -0.1) is 0 Å². The molecule has 0 aliphatic carbocycles. The number of para-hydroxylation sites is 1. The Labute approximate surface area is 203 Å². The SMILES string of the molecule is Cc1cn(-c2ccc(C#N)c(NCCOCCO)c2)c2nccc(-c3cnc4ccccc4c3)c12. The van der Waals surface area contributed by atoms with Crippen molar-refractivity contribution in [3.63, 3.8) is 0 Å². The van der Waals surface area contributed by atoms with Crippen LogP contribution < -0.4 is 5.32 Å². The van der Waals surface area contributed by atoms with Crippen LogP contribution in [-0.4, -0.2) is 46.0 Å². The van der Waals surface area contributed by atoms with Crippen LogP contribution in [0.25, 0.3) is 38.8 Å². The molecule has 3 heterocycles. The first kappa shape index (κ1) is 22.5. The van der Waals surface area contributed by atoms with Gasteiger partial charge in [0.15, 0.2) is 0 Å². The molecule has 3 aromatic heterocycles. The molecule has 7 nitrogen and oxygen atoms in total. The lowest BCUT2D eigenvalue weighted by molar-refractivity contribution is 0.0992. The smallest absolute Gasteiger partial charge is 0.145 e. The third kappa shape index (κ3) is 4.45. The molecule has 0 bridgehead atoms. The molecule has 0 unspecified atom stereocenters. The molecule has 2 N–H and O–H groups in total. The summed E-state index contributed by atoms with van der Waals surface area (Å²) in [6.45, 7) is 3.33. The van der Waals surface area contributed by atoms with Crippen molar-refractivity contribution in [2.45, 2.75) is 6.92 Å². The molecular weight excluding hydrogens is 438 g/mol. The van der Waals surface area contributed by atoms with Crippen LogP contribution in [0.4, 0.5) is 5.69 Å². The molecule has 0 atom stereocenters. The average Bonchev–Trinajstić information content (AvgIpc) is 3.24. The highest BCUT2D eigenvalue weighted by atomic mass is 16.5. The largest absolute Gasteiger partial charge is 0.394 e. The molecule has 174 valence electrons. The zero-order valence-corrected chi connectivity index (χ0v) is 19.4. The number of aryl methyl sites for hydroxylation is 1. The Kier molecular flexibility index (Phi) is 6.40. The van der Waals surface area contributed by atoms with Gasteiger partial charge in [0.1, 0.15) is 11.7 Å². The third-order valence-electron chi connectivity index (χ3n) is 5.98. The predicted molar refractivity (Wildman–Crippen MR) is 138 cm³/mol. The van der Waals surface area contributed by atoms with Gasteiger partial charge in [-0.2, -0.15) is 5.26 Å². The summed E-state index contributed by atoms with van der Waals surface area (Å²) in [4.78, 5) is 9.36. The van der Waals surface area contributed by atoms with Gasteiger partial charge in [0, 0.05) is 47.2 Å². The minimum Gasteiger partial charge on any atom is -0.394 e. The number of aromatic nitrogens is 3. The summed E-state index contributed by atoms with van der Waals surface area (Å²) in [6.07, 6.45) is 5.81. The summed E-state index contributed by atoms with van der Waals surface area (Å²) < 4.78 is 7.37. The lowest BCUT2D eigenvalue weighted by Crippen LogP contribution is -2.12. The van der Waals surface area contributed by atoms with Crippen LogP contribution in [-0.2, 0) is 4.74 Å². The molecule has 0 amide bonds. The molecule has 5 aromatic rings. The number of aliphatic hydroxyl groups is 1. The van der Waals surface area contributed by atoms with Crippen LogP contribution in [0.2, 0.25) is 0 Å². The standard InChI is InChI=1S/C28H25N5O2/c1-19-18-33(23-7-6-21(16-29)26(15-23)30-10-12-35-13-11-34)28-27(19)24(8-9-31-28)22-14-20-4-2-3-5-25(20)32-17-22/h2-9,14-15,17-18,30,34H,10-13H2,1H3. The Bertz CT molecular complexity index is 1550. The average molecular weight is 464 g/mol. The number of anilines is 1. The van der Waals surface area contributed by atoms with Gasteiger partial charge >= 0.3 is 0 Å². The molecular formula is C28H25N5O2. The number of ether oxygens (including phenoxy) is 1. The molecule has 0 saturated carbocycles. The molecule has 0 aliphatic rings. The monoisotopic (exact) mass is 463 g/mol. The summed E-state index contributed by atoms with van der Waals surface area (Å²) >= 11 is 0. The van der Waals surface area contributed by atoms with E-state index in [4.69, 9.17) is 14.8 Å². The van der Waals surface area contributed by atoms with Gasteiger partial charge in [-0.25, -0.2) is 4.98 Å². The van der Waals surface area contributed by atoms with Gasteiger partial charge in [-0.3, -0.25) is 4.98 Å². The zero-order chi connectivity index (χ0) is 24.2. The number of aliphatic hydroxyl groups excluding tert-OH is 1. The molecule has 0 fully saturated rings. The van der Waals surface area contributed by atoms with Crippen molar-refractivity contribution >= 4 is 27.6 Å². The number of benzene rings is 2. The van der Waals surface area contributed by atoms with Gasteiger partial charge in [0.05, 0.1) is 36.6 Å². The molecule has 7 heteroatoms. The number of pyridine rings is 2. The van der Waals surface area contributed by atoms with E-state index in [-0.39, 0.29) is 6.61 Å². The second-order valence-corrected chi connectivity index (χ2v) is 8.26. The molecule has 0 radical (unpaired) electrons. The fourth-order valence-corrected chi connectivity index (χ4v) is 4.35. The van der Waals surface area contributed by atoms with E-state index in [0.29, 0.717) is 25.3 Å². The lowest BCUT2D eigenvalue weighted by atomic mass is 10.0. The number of fused-ring (bicyclic) bond motifs is 2. The highest BCUT2D eigenvalue weighted by molar-refractivity contribution is 5.98. The number of nitrogens with one attached hydrogen (secondary N) is 1. The highest BCUT2D eigenvalue weighted by Crippen LogP contribution is 2.34. The van der Waals surface area contributed by atoms with Crippen LogP contribution >= 0.6 is 0 Å². The van der Waals surface area contributed by atoms with E-state index in [1.165, 1.54) is 0 Å². The van der Waals surface area contributed by atoms with Crippen molar-refractivity contribution in [3.05, 3.63) is 84.3 Å². The van der Waals surface area contributed by atoms with Crippen LogP contribution in [0.3, 0.4) is 0 Å². The van der Waals surface area contributed by atoms with Gasteiger partial charge in [-0.1, -0.05) is 18.2 Å². The normalized spacial score (nSPS) is 11.1. The van der Waals surface area contributed by atoms with Crippen molar-refractivity contribution in [2.75, 3.05) is 31.7 Å². The lowest BCUT2D eigenvalue weighted by Gasteiger charge is -2.12. The van der Waals surface area contributed by atoms with Crippen LogP contribution in [0.15, 0.2) is 73.2 Å². The van der Waals surface area contributed by atoms with Crippen LogP contribution in [0.5, 0.6) is 0 Å². The Morgan fingerprint density at radius 1 is 1.09 bits per heavy atom. The summed E-state index contributed by atoms with van der Waals surface area (Å²) in [6, 6.07) is 20.2.